The number of hydrogen-bond acceptors (Lipinski definition) is 4. The molecule has 0 heterocycles. The quantitative estimate of drug-likeness (QED) is 0.236. The highest BCUT2D eigenvalue weighted by Crippen LogP contribution is 2.55. The molecule has 0 fully saturated rings. The minimum absolute atomic E-state index is 0.247. The lowest BCUT2D eigenvalue weighted by atomic mass is 9.61. The van der Waals surface area contributed by atoms with Crippen LogP contribution in [-0.4, -0.2) is 24.1 Å². The molecule has 3 aliphatic carbocycles. The highest BCUT2D eigenvalue weighted by molar-refractivity contribution is 5.93. The topological polar surface area (TPSA) is 52.6 Å². The molecule has 0 saturated heterocycles. The van der Waals surface area contributed by atoms with Gasteiger partial charge in [0.1, 0.15) is 0 Å². The third kappa shape index (κ3) is 4.73. The first-order chi connectivity index (χ1) is 20.0. The number of rotatable bonds is 4. The van der Waals surface area contributed by atoms with Crippen LogP contribution in [0.1, 0.15) is 107 Å². The maximum absolute atomic E-state index is 14.0. The van der Waals surface area contributed by atoms with E-state index in [-0.39, 0.29) is 22.7 Å². The summed E-state index contributed by atoms with van der Waals surface area (Å²) in [5.41, 5.74) is 6.89. The minimum Gasteiger partial charge on any atom is -0.454 e. The van der Waals surface area contributed by atoms with Gasteiger partial charge in [0.2, 0.25) is 0 Å². The van der Waals surface area contributed by atoms with Gasteiger partial charge in [-0.05, 0) is 56.3 Å². The van der Waals surface area contributed by atoms with Crippen molar-refractivity contribution in [1.29, 1.82) is 0 Å². The second-order valence-corrected chi connectivity index (χ2v) is 13.5. The van der Waals surface area contributed by atoms with Crippen molar-refractivity contribution >= 4 is 11.9 Å². The van der Waals surface area contributed by atoms with Gasteiger partial charge in [0.05, 0.1) is 23.0 Å². The number of carbonyl (C=O) groups excluding carboxylic acids is 2. The van der Waals surface area contributed by atoms with Crippen molar-refractivity contribution in [3.63, 3.8) is 0 Å². The average Bonchev–Trinajstić information content (AvgIpc) is 2.97. The van der Waals surface area contributed by atoms with Crippen molar-refractivity contribution in [3.8, 4) is 0 Å². The Balaban J connectivity index is 1.46. The summed E-state index contributed by atoms with van der Waals surface area (Å²) in [6, 6.07) is 31.8. The molecule has 0 saturated carbocycles. The number of hydrogen-bond donors (Lipinski definition) is 0. The predicted octanol–water partition coefficient (Wildman–Crippen LogP) is 8.32. The molecule has 2 unspecified atom stereocenters. The number of ether oxygens (including phenoxy) is 2. The van der Waals surface area contributed by atoms with Crippen LogP contribution in [0.5, 0.6) is 0 Å². The molecule has 3 aliphatic rings. The first-order valence-electron chi connectivity index (χ1n) is 14.8. The summed E-state index contributed by atoms with van der Waals surface area (Å²) in [4.78, 5) is 28.0. The van der Waals surface area contributed by atoms with Crippen LogP contribution in [0, 0.1) is 0 Å². The van der Waals surface area contributed by atoms with Gasteiger partial charge in [0.25, 0.3) is 0 Å². The third-order valence-corrected chi connectivity index (χ3v) is 8.71. The molecule has 4 aromatic rings. The van der Waals surface area contributed by atoms with E-state index in [4.69, 9.17) is 9.47 Å². The van der Waals surface area contributed by atoms with E-state index in [0.29, 0.717) is 11.1 Å². The Bertz CT molecular complexity index is 1500. The van der Waals surface area contributed by atoms with Crippen LogP contribution < -0.4 is 0 Å². The van der Waals surface area contributed by atoms with Gasteiger partial charge in [-0.15, -0.1) is 0 Å². The van der Waals surface area contributed by atoms with E-state index in [0.717, 1.165) is 33.4 Å². The van der Waals surface area contributed by atoms with Crippen LogP contribution in [0.25, 0.3) is 0 Å². The highest BCUT2D eigenvalue weighted by Gasteiger charge is 2.54. The molecule has 0 aliphatic heterocycles. The molecular weight excluding hydrogens is 520 g/mol. The summed E-state index contributed by atoms with van der Waals surface area (Å²) in [5, 5.41) is 0. The van der Waals surface area contributed by atoms with Crippen molar-refractivity contribution in [3.05, 3.63) is 142 Å². The third-order valence-electron chi connectivity index (χ3n) is 8.71. The maximum atomic E-state index is 14.0. The fourth-order valence-electron chi connectivity index (χ4n) is 6.85. The number of esters is 2. The fraction of sp³-hybridized carbons (Fsp3) is 0.316. The normalized spacial score (nSPS) is 20.8. The van der Waals surface area contributed by atoms with Gasteiger partial charge in [-0.1, -0.05) is 126 Å². The van der Waals surface area contributed by atoms with Crippen molar-refractivity contribution in [2.45, 2.75) is 76.4 Å². The summed E-state index contributed by atoms with van der Waals surface area (Å²) in [7, 11) is 0. The zero-order valence-electron chi connectivity index (χ0n) is 25.2. The lowest BCUT2D eigenvalue weighted by Crippen LogP contribution is -2.51. The lowest BCUT2D eigenvalue weighted by Gasteiger charge is -2.49. The van der Waals surface area contributed by atoms with Crippen LogP contribution in [0.15, 0.2) is 97.1 Å². The van der Waals surface area contributed by atoms with E-state index in [1.807, 2.05) is 72.8 Å². The summed E-state index contributed by atoms with van der Waals surface area (Å²) < 4.78 is 13.0. The molecular formula is C38H38O4. The lowest BCUT2D eigenvalue weighted by molar-refractivity contribution is -0.0559. The Labute approximate surface area is 248 Å². The molecule has 4 nitrogen and oxygen atoms in total. The average molecular weight is 559 g/mol. The standard InChI is InChI=1S/C38H38O4/c1-37(2,3)29-21-13-11-19-27(29)35(39)41-33-31-23-15-7-9-17-25(23)32(26-18-10-8-16-24(26)31)34(33)42-36(40)28-20-12-14-22-30(28)38(4,5)6/h7-22,31-34H,1-6H3. The molecule has 0 N–H and O–H groups in total. The van der Waals surface area contributed by atoms with Gasteiger partial charge >= 0.3 is 11.9 Å². The van der Waals surface area contributed by atoms with E-state index in [2.05, 4.69) is 65.8 Å². The zero-order chi connectivity index (χ0) is 29.8. The Kier molecular flexibility index (Phi) is 6.84. The molecule has 42 heavy (non-hydrogen) atoms. The van der Waals surface area contributed by atoms with E-state index in [9.17, 15) is 9.59 Å². The van der Waals surface area contributed by atoms with Gasteiger partial charge in [-0.2, -0.15) is 0 Å². The van der Waals surface area contributed by atoms with Crippen molar-refractivity contribution < 1.29 is 19.1 Å². The van der Waals surface area contributed by atoms with Crippen molar-refractivity contribution in [2.24, 2.45) is 0 Å². The predicted molar refractivity (Wildman–Crippen MR) is 165 cm³/mol. The molecule has 0 radical (unpaired) electrons. The summed E-state index contributed by atoms with van der Waals surface area (Å²) in [6.45, 7) is 12.5. The molecule has 214 valence electrons. The van der Waals surface area contributed by atoms with E-state index < -0.39 is 24.1 Å². The van der Waals surface area contributed by atoms with Crippen LogP contribution in [0.4, 0.5) is 0 Å². The summed E-state index contributed by atoms with van der Waals surface area (Å²) >= 11 is 0. The Morgan fingerprint density at radius 1 is 0.476 bits per heavy atom. The van der Waals surface area contributed by atoms with Gasteiger partial charge in [0, 0.05) is 0 Å². The molecule has 7 rings (SSSR count). The molecule has 4 heteroatoms. The summed E-state index contributed by atoms with van der Waals surface area (Å²) in [5.74, 6) is -1.32. The molecule has 0 aromatic heterocycles. The SMILES string of the molecule is CC(C)(C)c1ccccc1C(=O)OC1C2c3ccccc3C(c3ccccc32)C1OC(=O)c1ccccc1C(C)(C)C. The van der Waals surface area contributed by atoms with Gasteiger partial charge in [-0.25, -0.2) is 9.59 Å². The number of fused-ring (bicyclic) bond motifs is 1. The van der Waals surface area contributed by atoms with Crippen molar-refractivity contribution in [1.82, 2.24) is 0 Å². The smallest absolute Gasteiger partial charge is 0.338 e. The molecule has 4 aromatic carbocycles. The highest BCUT2D eigenvalue weighted by atomic mass is 16.6. The van der Waals surface area contributed by atoms with E-state index >= 15 is 0 Å². The molecule has 2 atom stereocenters. The van der Waals surface area contributed by atoms with Crippen LogP contribution >= 0.6 is 0 Å². The van der Waals surface area contributed by atoms with Crippen LogP contribution in [0.2, 0.25) is 0 Å². The Morgan fingerprint density at radius 3 is 1.07 bits per heavy atom. The second-order valence-electron chi connectivity index (χ2n) is 13.5. The number of benzene rings is 4. The zero-order valence-corrected chi connectivity index (χ0v) is 25.2. The largest absolute Gasteiger partial charge is 0.454 e. The van der Waals surface area contributed by atoms with Gasteiger partial charge in [0.15, 0.2) is 12.2 Å². The monoisotopic (exact) mass is 558 g/mol. The fourth-order valence-corrected chi connectivity index (χ4v) is 6.85. The molecule has 2 bridgehead atoms. The van der Waals surface area contributed by atoms with Gasteiger partial charge in [-0.3, -0.25) is 0 Å². The molecule has 0 spiro atoms. The first kappa shape index (κ1) is 28.0. The summed E-state index contributed by atoms with van der Waals surface area (Å²) in [6.07, 6.45) is -1.38. The van der Waals surface area contributed by atoms with E-state index in [1.165, 1.54) is 0 Å². The Hall–Kier alpha value is -4.18. The Morgan fingerprint density at radius 2 is 0.762 bits per heavy atom. The first-order valence-corrected chi connectivity index (χ1v) is 14.8. The number of carbonyl (C=O) groups is 2. The van der Waals surface area contributed by atoms with Crippen LogP contribution in [-0.2, 0) is 20.3 Å². The van der Waals surface area contributed by atoms with Crippen LogP contribution in [0.3, 0.4) is 0 Å². The minimum atomic E-state index is -0.689. The second kappa shape index (κ2) is 10.3. The maximum Gasteiger partial charge on any atom is 0.338 e. The van der Waals surface area contributed by atoms with Crippen molar-refractivity contribution in [2.75, 3.05) is 0 Å². The van der Waals surface area contributed by atoms with E-state index in [1.54, 1.807) is 0 Å². The molecule has 0 amide bonds. The van der Waals surface area contributed by atoms with Gasteiger partial charge < -0.3 is 9.47 Å².